The number of benzene rings is 1. The highest BCUT2D eigenvalue weighted by atomic mass is 32.1. The molecule has 5 rings (SSSR count). The minimum atomic E-state index is 0.495. The lowest BCUT2D eigenvalue weighted by Gasteiger charge is -2.19. The standard InChI is InChI=1S/C16H16N6S/c1-2-13-12(8-18-20-13)7-11(1)14-9-22-16(23-14)19-15(21-22)10-3-5-17-6-4-10/h1-2,7-10,17H,3-6H2,(H,18,20). The van der Waals surface area contributed by atoms with Crippen molar-refractivity contribution in [2.45, 2.75) is 18.8 Å². The Hall–Kier alpha value is -2.25. The third kappa shape index (κ3) is 2.24. The number of nitrogens with zero attached hydrogens (tertiary/aromatic N) is 4. The van der Waals surface area contributed by atoms with E-state index in [1.54, 1.807) is 11.3 Å². The van der Waals surface area contributed by atoms with Crippen LogP contribution in [0.1, 0.15) is 24.6 Å². The van der Waals surface area contributed by atoms with Crippen molar-refractivity contribution >= 4 is 27.2 Å². The average molecular weight is 324 g/mol. The molecule has 0 atom stereocenters. The van der Waals surface area contributed by atoms with Crippen molar-refractivity contribution in [3.8, 4) is 10.4 Å². The van der Waals surface area contributed by atoms with E-state index in [1.165, 1.54) is 10.4 Å². The first-order chi connectivity index (χ1) is 11.4. The molecule has 0 bridgehead atoms. The Morgan fingerprint density at radius 1 is 1.22 bits per heavy atom. The second kappa shape index (κ2) is 5.14. The topological polar surface area (TPSA) is 70.9 Å². The van der Waals surface area contributed by atoms with Crippen LogP contribution >= 0.6 is 11.3 Å². The Kier molecular flexibility index (Phi) is 2.95. The highest BCUT2D eigenvalue weighted by Gasteiger charge is 2.20. The number of rotatable bonds is 2. The summed E-state index contributed by atoms with van der Waals surface area (Å²) >= 11 is 1.69. The van der Waals surface area contributed by atoms with Crippen LogP contribution in [0.2, 0.25) is 0 Å². The maximum atomic E-state index is 4.76. The first kappa shape index (κ1) is 13.2. The van der Waals surface area contributed by atoms with Gasteiger partial charge in [0, 0.05) is 17.5 Å². The van der Waals surface area contributed by atoms with Gasteiger partial charge in [-0.1, -0.05) is 17.4 Å². The largest absolute Gasteiger partial charge is 0.317 e. The second-order valence-electron chi connectivity index (χ2n) is 5.99. The second-order valence-corrected chi connectivity index (χ2v) is 7.00. The molecule has 1 aliphatic heterocycles. The normalized spacial score (nSPS) is 16.5. The summed E-state index contributed by atoms with van der Waals surface area (Å²) in [4.78, 5) is 6.91. The summed E-state index contributed by atoms with van der Waals surface area (Å²) in [6, 6.07) is 6.32. The Morgan fingerprint density at radius 3 is 3.00 bits per heavy atom. The number of fused-ring (bicyclic) bond motifs is 2. The summed E-state index contributed by atoms with van der Waals surface area (Å²) in [6.07, 6.45) is 6.19. The summed E-state index contributed by atoms with van der Waals surface area (Å²) in [5.41, 5.74) is 2.24. The fourth-order valence-electron chi connectivity index (χ4n) is 3.20. The smallest absolute Gasteiger partial charge is 0.212 e. The molecular formula is C16H16N6S. The van der Waals surface area contributed by atoms with E-state index in [1.807, 2.05) is 10.7 Å². The zero-order valence-electron chi connectivity index (χ0n) is 12.5. The molecule has 1 saturated heterocycles. The molecule has 1 aliphatic rings. The molecule has 7 heteroatoms. The number of H-pyrrole nitrogens is 1. The van der Waals surface area contributed by atoms with Gasteiger partial charge in [0.15, 0.2) is 5.82 Å². The average Bonchev–Trinajstić information content (AvgIpc) is 3.28. The van der Waals surface area contributed by atoms with Crippen LogP contribution in [-0.2, 0) is 0 Å². The van der Waals surface area contributed by atoms with Gasteiger partial charge in [0.25, 0.3) is 0 Å². The first-order valence-electron chi connectivity index (χ1n) is 7.87. The fraction of sp³-hybridized carbons (Fsp3) is 0.312. The van der Waals surface area contributed by atoms with Crippen molar-refractivity contribution in [2.24, 2.45) is 0 Å². The van der Waals surface area contributed by atoms with E-state index in [0.29, 0.717) is 5.92 Å². The van der Waals surface area contributed by atoms with E-state index < -0.39 is 0 Å². The molecule has 116 valence electrons. The molecule has 2 N–H and O–H groups in total. The Balaban J connectivity index is 1.51. The third-order valence-corrected chi connectivity index (χ3v) is 5.51. The van der Waals surface area contributed by atoms with Crippen LogP contribution in [0.25, 0.3) is 26.3 Å². The van der Waals surface area contributed by atoms with Crippen molar-refractivity contribution < 1.29 is 0 Å². The quantitative estimate of drug-likeness (QED) is 0.595. The van der Waals surface area contributed by atoms with E-state index in [-0.39, 0.29) is 0 Å². The minimum Gasteiger partial charge on any atom is -0.317 e. The number of nitrogens with one attached hydrogen (secondary N) is 2. The highest BCUT2D eigenvalue weighted by molar-refractivity contribution is 7.20. The molecule has 4 aromatic rings. The zero-order valence-corrected chi connectivity index (χ0v) is 13.3. The molecule has 0 spiro atoms. The van der Waals surface area contributed by atoms with Crippen molar-refractivity contribution in [2.75, 3.05) is 13.1 Å². The van der Waals surface area contributed by atoms with Crippen LogP contribution in [0.15, 0.2) is 30.6 Å². The highest BCUT2D eigenvalue weighted by Crippen LogP contribution is 2.31. The molecule has 0 radical (unpaired) electrons. The summed E-state index contributed by atoms with van der Waals surface area (Å²) < 4.78 is 1.93. The monoisotopic (exact) mass is 324 g/mol. The Morgan fingerprint density at radius 2 is 2.13 bits per heavy atom. The summed E-state index contributed by atoms with van der Waals surface area (Å²) in [5, 5.41) is 16.3. The molecule has 1 aromatic carbocycles. The third-order valence-electron chi connectivity index (χ3n) is 4.49. The van der Waals surface area contributed by atoms with Gasteiger partial charge in [-0.3, -0.25) is 5.10 Å². The first-order valence-corrected chi connectivity index (χ1v) is 8.69. The number of hydrogen-bond donors (Lipinski definition) is 2. The number of aromatic nitrogens is 5. The summed E-state index contributed by atoms with van der Waals surface area (Å²) in [5.74, 6) is 1.49. The zero-order chi connectivity index (χ0) is 15.2. The SMILES string of the molecule is c1cc2[nH]ncc2cc1-c1cn2nc(C3CCNCC3)nc2s1. The predicted octanol–water partition coefficient (Wildman–Crippen LogP) is 2.80. The minimum absolute atomic E-state index is 0.495. The van der Waals surface area contributed by atoms with E-state index in [4.69, 9.17) is 10.1 Å². The van der Waals surface area contributed by atoms with E-state index in [2.05, 4.69) is 39.9 Å². The van der Waals surface area contributed by atoms with Crippen molar-refractivity contribution in [1.29, 1.82) is 0 Å². The van der Waals surface area contributed by atoms with Gasteiger partial charge in [-0.25, -0.2) is 9.50 Å². The van der Waals surface area contributed by atoms with Gasteiger partial charge in [0.1, 0.15) is 0 Å². The number of aromatic amines is 1. The lowest BCUT2D eigenvalue weighted by Crippen LogP contribution is -2.27. The lowest BCUT2D eigenvalue weighted by molar-refractivity contribution is 0.445. The molecule has 3 aromatic heterocycles. The van der Waals surface area contributed by atoms with Gasteiger partial charge in [-0.15, -0.1) is 0 Å². The van der Waals surface area contributed by atoms with Gasteiger partial charge in [0.05, 0.1) is 16.6 Å². The van der Waals surface area contributed by atoms with Crippen molar-refractivity contribution in [3.05, 3.63) is 36.4 Å². The molecule has 0 amide bonds. The van der Waals surface area contributed by atoms with Crippen LogP contribution < -0.4 is 5.32 Å². The van der Waals surface area contributed by atoms with Gasteiger partial charge in [-0.05, 0) is 43.6 Å². The van der Waals surface area contributed by atoms with Gasteiger partial charge in [0.2, 0.25) is 4.96 Å². The van der Waals surface area contributed by atoms with Crippen LogP contribution in [0.3, 0.4) is 0 Å². The van der Waals surface area contributed by atoms with Crippen molar-refractivity contribution in [1.82, 2.24) is 30.1 Å². The molecule has 6 nitrogen and oxygen atoms in total. The predicted molar refractivity (Wildman–Crippen MR) is 90.8 cm³/mol. The van der Waals surface area contributed by atoms with E-state index in [9.17, 15) is 0 Å². The molecule has 0 saturated carbocycles. The molecule has 0 aliphatic carbocycles. The van der Waals surface area contributed by atoms with Crippen LogP contribution in [0, 0.1) is 0 Å². The molecule has 4 heterocycles. The van der Waals surface area contributed by atoms with Gasteiger partial charge >= 0.3 is 0 Å². The van der Waals surface area contributed by atoms with Crippen molar-refractivity contribution in [3.63, 3.8) is 0 Å². The molecular weight excluding hydrogens is 308 g/mol. The summed E-state index contributed by atoms with van der Waals surface area (Å²) in [7, 11) is 0. The Bertz CT molecular complexity index is 943. The number of piperidine rings is 1. The fourth-order valence-corrected chi connectivity index (χ4v) is 4.12. The Labute approximate surface area is 136 Å². The van der Waals surface area contributed by atoms with Crippen LogP contribution in [0.4, 0.5) is 0 Å². The van der Waals surface area contributed by atoms with Gasteiger partial charge in [-0.2, -0.15) is 10.2 Å². The number of hydrogen-bond acceptors (Lipinski definition) is 5. The van der Waals surface area contributed by atoms with Gasteiger partial charge < -0.3 is 5.32 Å². The molecule has 23 heavy (non-hydrogen) atoms. The number of thiazole rings is 1. The molecule has 1 fully saturated rings. The maximum absolute atomic E-state index is 4.76. The van der Waals surface area contributed by atoms with Crippen LogP contribution in [0.5, 0.6) is 0 Å². The lowest BCUT2D eigenvalue weighted by atomic mass is 9.98. The molecule has 0 unspecified atom stereocenters. The maximum Gasteiger partial charge on any atom is 0.212 e. The summed E-state index contributed by atoms with van der Waals surface area (Å²) in [6.45, 7) is 2.13. The van der Waals surface area contributed by atoms with E-state index in [0.717, 1.165) is 47.6 Å². The van der Waals surface area contributed by atoms with E-state index >= 15 is 0 Å². The van der Waals surface area contributed by atoms with Crippen LogP contribution in [-0.4, -0.2) is 37.9 Å².